The van der Waals surface area contributed by atoms with Crippen molar-refractivity contribution in [2.75, 3.05) is 5.32 Å². The lowest BCUT2D eigenvalue weighted by Gasteiger charge is -2.14. The summed E-state index contributed by atoms with van der Waals surface area (Å²) in [5.74, 6) is -0.373. The monoisotopic (exact) mass is 318 g/mol. The van der Waals surface area contributed by atoms with Gasteiger partial charge in [0.05, 0.1) is 6.07 Å². The summed E-state index contributed by atoms with van der Waals surface area (Å²) >= 11 is 3.34. The third-order valence-electron chi connectivity index (χ3n) is 2.75. The maximum Gasteiger partial charge on any atom is 0.143 e. The lowest BCUT2D eigenvalue weighted by molar-refractivity contribution is 0.607. The molecular weight excluding hydrogens is 307 g/mol. The summed E-state index contributed by atoms with van der Waals surface area (Å²) in [6.45, 7) is 1.87. The highest BCUT2D eigenvalue weighted by Crippen LogP contribution is 2.23. The van der Waals surface area contributed by atoms with Crippen LogP contribution in [0.2, 0.25) is 0 Å². The molecule has 0 bridgehead atoms. The molecule has 1 unspecified atom stereocenters. The Morgan fingerprint density at radius 3 is 2.53 bits per heavy atom. The van der Waals surface area contributed by atoms with E-state index in [9.17, 15) is 9.65 Å². The first-order valence-electron chi connectivity index (χ1n) is 5.78. The number of halogens is 2. The summed E-state index contributed by atoms with van der Waals surface area (Å²) in [7, 11) is 0. The zero-order valence-corrected chi connectivity index (χ0v) is 11.9. The molecule has 0 aliphatic carbocycles. The summed E-state index contributed by atoms with van der Waals surface area (Å²) in [5.41, 5.74) is 2.07. The molecule has 0 fully saturated rings. The van der Waals surface area contributed by atoms with Crippen LogP contribution in [0.1, 0.15) is 17.2 Å². The standard InChI is InChI=1S/C15H12BrFN2/c1-10-2-7-14(17)13(8-10)15(9-18)19-12-5-3-11(16)4-6-12/h2-8,15,19H,1H3. The van der Waals surface area contributed by atoms with Crippen LogP contribution in [0, 0.1) is 24.1 Å². The number of rotatable bonds is 3. The van der Waals surface area contributed by atoms with E-state index in [1.165, 1.54) is 6.07 Å². The van der Waals surface area contributed by atoms with Crippen LogP contribution < -0.4 is 5.32 Å². The van der Waals surface area contributed by atoms with Gasteiger partial charge in [-0.3, -0.25) is 0 Å². The maximum atomic E-state index is 13.8. The van der Waals surface area contributed by atoms with E-state index in [1.54, 1.807) is 12.1 Å². The molecule has 0 amide bonds. The molecule has 1 N–H and O–H groups in total. The van der Waals surface area contributed by atoms with E-state index in [0.717, 1.165) is 15.7 Å². The number of nitrogens with zero attached hydrogens (tertiary/aromatic N) is 1. The van der Waals surface area contributed by atoms with Crippen LogP contribution in [0.3, 0.4) is 0 Å². The van der Waals surface area contributed by atoms with Crippen molar-refractivity contribution in [2.24, 2.45) is 0 Å². The van der Waals surface area contributed by atoms with Gasteiger partial charge in [-0.15, -0.1) is 0 Å². The van der Waals surface area contributed by atoms with Gasteiger partial charge in [-0.25, -0.2) is 4.39 Å². The van der Waals surface area contributed by atoms with Crippen molar-refractivity contribution in [3.8, 4) is 6.07 Å². The third kappa shape index (κ3) is 3.33. The first-order valence-corrected chi connectivity index (χ1v) is 6.57. The van der Waals surface area contributed by atoms with Crippen molar-refractivity contribution in [3.05, 3.63) is 63.9 Å². The second-order valence-electron chi connectivity index (χ2n) is 4.24. The molecule has 0 radical (unpaired) electrons. The van der Waals surface area contributed by atoms with Gasteiger partial charge in [0.15, 0.2) is 0 Å². The van der Waals surface area contributed by atoms with E-state index in [1.807, 2.05) is 31.2 Å². The molecule has 0 heterocycles. The average molecular weight is 319 g/mol. The molecule has 2 aromatic carbocycles. The minimum absolute atomic E-state index is 0.366. The van der Waals surface area contributed by atoms with Crippen molar-refractivity contribution < 1.29 is 4.39 Å². The van der Waals surface area contributed by atoms with E-state index in [4.69, 9.17) is 0 Å². The van der Waals surface area contributed by atoms with E-state index in [2.05, 4.69) is 27.3 Å². The summed E-state index contributed by atoms with van der Waals surface area (Å²) in [6, 6.07) is 13.5. The Morgan fingerprint density at radius 2 is 1.89 bits per heavy atom. The maximum absolute atomic E-state index is 13.8. The van der Waals surface area contributed by atoms with E-state index in [0.29, 0.717) is 5.56 Å². The van der Waals surface area contributed by atoms with Crippen LogP contribution in [0.4, 0.5) is 10.1 Å². The Hall–Kier alpha value is -1.86. The number of benzene rings is 2. The number of hydrogen-bond donors (Lipinski definition) is 1. The summed E-state index contributed by atoms with van der Waals surface area (Å²) < 4.78 is 14.7. The average Bonchev–Trinajstić information content (AvgIpc) is 2.41. The fourth-order valence-corrected chi connectivity index (χ4v) is 2.04. The highest BCUT2D eigenvalue weighted by atomic mass is 79.9. The second kappa shape index (κ2) is 5.85. The number of aryl methyl sites for hydroxylation is 1. The zero-order valence-electron chi connectivity index (χ0n) is 10.3. The molecule has 0 aromatic heterocycles. The van der Waals surface area contributed by atoms with Gasteiger partial charge in [0, 0.05) is 15.7 Å². The van der Waals surface area contributed by atoms with Crippen LogP contribution >= 0.6 is 15.9 Å². The number of hydrogen-bond acceptors (Lipinski definition) is 2. The largest absolute Gasteiger partial charge is 0.366 e. The predicted octanol–water partition coefficient (Wildman–Crippen LogP) is 4.57. The predicted molar refractivity (Wildman–Crippen MR) is 77.3 cm³/mol. The van der Waals surface area contributed by atoms with Gasteiger partial charge >= 0.3 is 0 Å². The van der Waals surface area contributed by atoms with Crippen LogP contribution in [-0.4, -0.2) is 0 Å². The van der Waals surface area contributed by atoms with Crippen molar-refractivity contribution in [3.63, 3.8) is 0 Å². The molecule has 2 nitrogen and oxygen atoms in total. The fourth-order valence-electron chi connectivity index (χ4n) is 1.78. The fraction of sp³-hybridized carbons (Fsp3) is 0.133. The molecular formula is C15H12BrFN2. The summed E-state index contributed by atoms with van der Waals surface area (Å²) in [4.78, 5) is 0. The van der Waals surface area contributed by atoms with Crippen LogP contribution in [0.15, 0.2) is 46.9 Å². The van der Waals surface area contributed by atoms with E-state index >= 15 is 0 Å². The lowest BCUT2D eigenvalue weighted by Crippen LogP contribution is -2.10. The van der Waals surface area contributed by atoms with Gasteiger partial charge in [0.2, 0.25) is 0 Å². The molecule has 1 atom stereocenters. The Bertz CT molecular complexity index is 617. The Labute approximate surface area is 120 Å². The minimum atomic E-state index is -0.707. The minimum Gasteiger partial charge on any atom is -0.366 e. The summed E-state index contributed by atoms with van der Waals surface area (Å²) in [5, 5.41) is 12.2. The highest BCUT2D eigenvalue weighted by molar-refractivity contribution is 9.10. The first kappa shape index (κ1) is 13.6. The van der Waals surface area contributed by atoms with Gasteiger partial charge in [-0.05, 0) is 37.3 Å². The molecule has 96 valence electrons. The van der Waals surface area contributed by atoms with Gasteiger partial charge in [-0.1, -0.05) is 33.6 Å². The van der Waals surface area contributed by atoms with Gasteiger partial charge in [0.25, 0.3) is 0 Å². The Kier molecular flexibility index (Phi) is 4.18. The molecule has 0 saturated carbocycles. The van der Waals surface area contributed by atoms with Crippen molar-refractivity contribution in [1.29, 1.82) is 5.26 Å². The Morgan fingerprint density at radius 1 is 1.21 bits per heavy atom. The number of nitrogens with one attached hydrogen (secondary N) is 1. The van der Waals surface area contributed by atoms with Crippen molar-refractivity contribution in [1.82, 2.24) is 0 Å². The van der Waals surface area contributed by atoms with Gasteiger partial charge < -0.3 is 5.32 Å². The summed E-state index contributed by atoms with van der Waals surface area (Å²) in [6.07, 6.45) is 0. The number of anilines is 1. The smallest absolute Gasteiger partial charge is 0.143 e. The zero-order chi connectivity index (χ0) is 13.8. The molecule has 19 heavy (non-hydrogen) atoms. The highest BCUT2D eigenvalue weighted by Gasteiger charge is 2.15. The second-order valence-corrected chi connectivity index (χ2v) is 5.15. The lowest BCUT2D eigenvalue weighted by atomic mass is 10.0. The van der Waals surface area contributed by atoms with E-state index < -0.39 is 6.04 Å². The normalized spacial score (nSPS) is 11.7. The van der Waals surface area contributed by atoms with Crippen LogP contribution in [0.25, 0.3) is 0 Å². The molecule has 0 spiro atoms. The molecule has 0 aliphatic rings. The van der Waals surface area contributed by atoms with Gasteiger partial charge in [-0.2, -0.15) is 5.26 Å². The van der Waals surface area contributed by atoms with Crippen molar-refractivity contribution >= 4 is 21.6 Å². The van der Waals surface area contributed by atoms with E-state index in [-0.39, 0.29) is 5.82 Å². The van der Waals surface area contributed by atoms with Crippen LogP contribution in [-0.2, 0) is 0 Å². The topological polar surface area (TPSA) is 35.8 Å². The van der Waals surface area contributed by atoms with Crippen molar-refractivity contribution in [2.45, 2.75) is 13.0 Å². The SMILES string of the molecule is Cc1ccc(F)c(C(C#N)Nc2ccc(Br)cc2)c1. The first-order chi connectivity index (χ1) is 9.10. The van der Waals surface area contributed by atoms with Crippen LogP contribution in [0.5, 0.6) is 0 Å². The molecule has 2 aromatic rings. The third-order valence-corrected chi connectivity index (χ3v) is 3.28. The quantitative estimate of drug-likeness (QED) is 0.899. The molecule has 0 aliphatic heterocycles. The molecule has 4 heteroatoms. The molecule has 2 rings (SSSR count). The number of nitriles is 1. The van der Waals surface area contributed by atoms with Gasteiger partial charge in [0.1, 0.15) is 11.9 Å². The Balaban J connectivity index is 2.28. The molecule has 0 saturated heterocycles.